The molecule has 9 atom stereocenters. The van der Waals surface area contributed by atoms with E-state index >= 15 is 0 Å². The van der Waals surface area contributed by atoms with Crippen molar-refractivity contribution in [2.45, 2.75) is 77.0 Å². The molecule has 0 aromatic rings. The number of ketones is 2. The highest BCUT2D eigenvalue weighted by atomic mass is 16.5. The summed E-state index contributed by atoms with van der Waals surface area (Å²) >= 11 is 0. The highest BCUT2D eigenvalue weighted by Crippen LogP contribution is 2.69. The largest absolute Gasteiger partial charge is 0.456 e. The summed E-state index contributed by atoms with van der Waals surface area (Å²) in [6.07, 6.45) is 9.36. The van der Waals surface area contributed by atoms with E-state index in [4.69, 9.17) is 9.47 Å². The molecule has 0 spiro atoms. The molecule has 5 rings (SSSR count). The highest BCUT2D eigenvalue weighted by molar-refractivity contribution is 6.01. The zero-order chi connectivity index (χ0) is 25.2. The summed E-state index contributed by atoms with van der Waals surface area (Å²) in [5.74, 6) is -0.250. The fraction of sp³-hybridized carbons (Fsp3) is 0.750. The number of allylic oxidation sites excluding steroid dienone is 4. The first-order valence-electron chi connectivity index (χ1n) is 13.2. The van der Waals surface area contributed by atoms with Crippen molar-refractivity contribution in [1.82, 2.24) is 5.32 Å². The van der Waals surface area contributed by atoms with Gasteiger partial charge in [0.25, 0.3) is 0 Å². The number of carbonyl (C=O) groups is 3. The maximum absolute atomic E-state index is 13.8. The monoisotopic (exact) mass is 485 g/mol. The Morgan fingerprint density at radius 2 is 2.03 bits per heavy atom. The Balaban J connectivity index is 1.43. The van der Waals surface area contributed by atoms with E-state index in [9.17, 15) is 19.5 Å². The van der Waals surface area contributed by atoms with E-state index in [0.717, 1.165) is 44.2 Å². The number of Topliss-reactive ketones (excluding diaryl/α,β-unsaturated/α-hetero) is 1. The Morgan fingerprint density at radius 3 is 2.71 bits per heavy atom. The van der Waals surface area contributed by atoms with Gasteiger partial charge >= 0.3 is 5.97 Å². The van der Waals surface area contributed by atoms with E-state index in [0.29, 0.717) is 6.42 Å². The fourth-order valence-electron chi connectivity index (χ4n) is 9.02. The molecular weight excluding hydrogens is 446 g/mol. The smallest absolute Gasteiger partial charge is 0.323 e. The Labute approximate surface area is 207 Å². The predicted molar refractivity (Wildman–Crippen MR) is 129 cm³/mol. The normalized spacial score (nSPS) is 46.4. The van der Waals surface area contributed by atoms with Gasteiger partial charge in [-0.3, -0.25) is 14.4 Å². The number of fused-ring (bicyclic) bond motifs is 5. The fourth-order valence-corrected chi connectivity index (χ4v) is 9.02. The molecule has 2 N–H and O–H groups in total. The molecule has 0 radical (unpaired) electrons. The van der Waals surface area contributed by atoms with Crippen LogP contribution < -0.4 is 5.32 Å². The number of hydrogen-bond acceptors (Lipinski definition) is 7. The van der Waals surface area contributed by atoms with Gasteiger partial charge in [0, 0.05) is 23.9 Å². The zero-order valence-corrected chi connectivity index (χ0v) is 21.3. The second-order valence-electron chi connectivity index (χ2n) is 12.0. The number of carbonyl (C=O) groups excluding carboxylic acids is 3. The number of ether oxygens (including phenoxy) is 2. The van der Waals surface area contributed by atoms with Crippen LogP contribution in [0.3, 0.4) is 0 Å². The minimum atomic E-state index is -1.12. The standard InChI is InChI=1S/C28H39NO6/c1-16-12-20-19-8-7-17-13-18(30)9-10-26(17,2)24(19)22(31)14-27(20,3)28(16,34-4)23(32)15-35-25(33)21-6-5-11-29-21/h9-10,13,16,19-22,24,29,31H,5-8,11-12,14-15H2,1-4H3/t16-,19+,20+,21+,22+,24?,26+,27+,28+/m1/s1. The molecular formula is C28H39NO6. The van der Waals surface area contributed by atoms with E-state index in [1.165, 1.54) is 0 Å². The number of hydrogen-bond donors (Lipinski definition) is 2. The van der Waals surface area contributed by atoms with Gasteiger partial charge in [-0.1, -0.05) is 32.4 Å². The zero-order valence-electron chi connectivity index (χ0n) is 21.3. The van der Waals surface area contributed by atoms with Gasteiger partial charge in [0.2, 0.25) is 5.78 Å². The lowest BCUT2D eigenvalue weighted by atomic mass is 9.46. The van der Waals surface area contributed by atoms with Crippen molar-refractivity contribution in [3.05, 3.63) is 23.8 Å². The maximum Gasteiger partial charge on any atom is 0.323 e. The Bertz CT molecular complexity index is 982. The third-order valence-corrected chi connectivity index (χ3v) is 10.5. The van der Waals surface area contributed by atoms with Crippen molar-refractivity contribution in [3.63, 3.8) is 0 Å². The van der Waals surface area contributed by atoms with Crippen LogP contribution in [0.2, 0.25) is 0 Å². The molecule has 1 saturated heterocycles. The Morgan fingerprint density at radius 1 is 1.26 bits per heavy atom. The van der Waals surface area contributed by atoms with Gasteiger partial charge in [0.05, 0.1) is 6.10 Å². The molecule has 7 heteroatoms. The van der Waals surface area contributed by atoms with Crippen molar-refractivity contribution < 1.29 is 29.0 Å². The molecule has 0 amide bonds. The minimum Gasteiger partial charge on any atom is -0.456 e. The third kappa shape index (κ3) is 3.45. The van der Waals surface area contributed by atoms with Crippen molar-refractivity contribution in [3.8, 4) is 0 Å². The molecule has 3 saturated carbocycles. The molecule has 35 heavy (non-hydrogen) atoms. The van der Waals surface area contributed by atoms with Gasteiger partial charge in [-0.25, -0.2) is 0 Å². The predicted octanol–water partition coefficient (Wildman–Crippen LogP) is 2.76. The summed E-state index contributed by atoms with van der Waals surface area (Å²) in [5.41, 5.74) is -0.945. The van der Waals surface area contributed by atoms with E-state index in [-0.39, 0.29) is 59.3 Å². The van der Waals surface area contributed by atoms with Gasteiger partial charge < -0.3 is 19.9 Å². The molecule has 0 aromatic heterocycles. The summed E-state index contributed by atoms with van der Waals surface area (Å²) < 4.78 is 11.6. The topological polar surface area (TPSA) is 102 Å². The first-order chi connectivity index (χ1) is 16.6. The lowest BCUT2D eigenvalue weighted by Crippen LogP contribution is -2.63. The van der Waals surface area contributed by atoms with Crippen LogP contribution in [-0.4, -0.2) is 60.7 Å². The molecule has 4 fully saturated rings. The number of rotatable bonds is 5. The Hall–Kier alpha value is -1.83. The lowest BCUT2D eigenvalue weighted by Gasteiger charge is -2.60. The maximum atomic E-state index is 13.8. The number of aliphatic hydroxyl groups excluding tert-OH is 1. The average Bonchev–Trinajstić information content (AvgIpc) is 3.42. The number of esters is 1. The van der Waals surface area contributed by atoms with Crippen LogP contribution in [0.1, 0.15) is 59.3 Å². The van der Waals surface area contributed by atoms with Crippen molar-refractivity contribution in [2.24, 2.45) is 34.5 Å². The molecule has 1 heterocycles. The summed E-state index contributed by atoms with van der Waals surface area (Å²) in [7, 11) is 1.58. The van der Waals surface area contributed by atoms with Crippen LogP contribution in [0.5, 0.6) is 0 Å². The summed E-state index contributed by atoms with van der Waals surface area (Å²) in [5, 5.41) is 14.8. The molecule has 0 bridgehead atoms. The SMILES string of the molecule is CO[C@]1(C(=O)COC(=O)[C@@H]2CCCN2)[C@H](C)C[C@H]2[C@@H]3CCC4=CC(=O)C=C[C@]4(C)C3[C@@H](O)C[C@@]21C. The quantitative estimate of drug-likeness (QED) is 0.578. The number of aliphatic hydroxyl groups is 1. The van der Waals surface area contributed by atoms with Crippen molar-refractivity contribution >= 4 is 17.5 Å². The van der Waals surface area contributed by atoms with Gasteiger partial charge in [0.1, 0.15) is 11.6 Å². The summed E-state index contributed by atoms with van der Waals surface area (Å²) in [4.78, 5) is 38.4. The van der Waals surface area contributed by atoms with Crippen molar-refractivity contribution in [2.75, 3.05) is 20.3 Å². The summed E-state index contributed by atoms with van der Waals surface area (Å²) in [6, 6.07) is -0.344. The minimum absolute atomic E-state index is 0.00819. The van der Waals surface area contributed by atoms with Crippen LogP contribution in [0.4, 0.5) is 0 Å². The molecule has 1 unspecified atom stereocenters. The van der Waals surface area contributed by atoms with E-state index in [2.05, 4.69) is 26.1 Å². The van der Waals surface area contributed by atoms with E-state index in [1.54, 1.807) is 19.3 Å². The number of methoxy groups -OCH3 is 1. The molecule has 4 aliphatic carbocycles. The van der Waals surface area contributed by atoms with Crippen LogP contribution >= 0.6 is 0 Å². The van der Waals surface area contributed by atoms with Gasteiger partial charge in [-0.05, 0) is 75.0 Å². The number of nitrogens with one attached hydrogen (secondary N) is 1. The third-order valence-electron chi connectivity index (χ3n) is 10.5. The van der Waals surface area contributed by atoms with E-state index in [1.807, 2.05) is 6.08 Å². The van der Waals surface area contributed by atoms with Crippen LogP contribution in [0.25, 0.3) is 0 Å². The second-order valence-corrected chi connectivity index (χ2v) is 12.0. The first-order valence-corrected chi connectivity index (χ1v) is 13.2. The molecule has 192 valence electrons. The first kappa shape index (κ1) is 24.8. The molecule has 1 aliphatic heterocycles. The highest BCUT2D eigenvalue weighted by Gasteiger charge is 2.71. The second kappa shape index (κ2) is 8.63. The van der Waals surface area contributed by atoms with E-state index < -0.39 is 17.1 Å². The molecule has 0 aromatic carbocycles. The molecule has 7 nitrogen and oxygen atoms in total. The summed E-state index contributed by atoms with van der Waals surface area (Å²) in [6.45, 7) is 6.77. The Kier molecular flexibility index (Phi) is 6.13. The van der Waals surface area contributed by atoms with Gasteiger partial charge in [-0.2, -0.15) is 0 Å². The van der Waals surface area contributed by atoms with Crippen molar-refractivity contribution in [1.29, 1.82) is 0 Å². The average molecular weight is 486 g/mol. The van der Waals surface area contributed by atoms with Crippen LogP contribution in [-0.2, 0) is 23.9 Å². The van der Waals surface area contributed by atoms with Crippen LogP contribution in [0, 0.1) is 34.5 Å². The lowest BCUT2D eigenvalue weighted by molar-refractivity contribution is -0.194. The molecule has 5 aliphatic rings. The van der Waals surface area contributed by atoms with Gasteiger partial charge in [0.15, 0.2) is 12.4 Å². The van der Waals surface area contributed by atoms with Gasteiger partial charge in [-0.15, -0.1) is 0 Å². The van der Waals surface area contributed by atoms with Crippen LogP contribution in [0.15, 0.2) is 23.8 Å².